The van der Waals surface area contributed by atoms with Crippen molar-refractivity contribution in [2.45, 2.75) is 44.9 Å². The summed E-state index contributed by atoms with van der Waals surface area (Å²) in [6.45, 7) is 5.41. The Labute approximate surface area is 113 Å². The maximum atomic E-state index is 10.9. The number of hydrogen-bond acceptors (Lipinski definition) is 3. The minimum atomic E-state index is -0.789. The lowest BCUT2D eigenvalue weighted by atomic mass is 10.00. The smallest absolute Gasteiger partial charge is 0.310 e. The second kappa shape index (κ2) is 6.17. The molecule has 4 nitrogen and oxygen atoms in total. The van der Waals surface area contributed by atoms with Crippen molar-refractivity contribution < 1.29 is 14.6 Å². The molecular weight excluding hydrogens is 242 g/mol. The molecule has 1 aromatic rings. The van der Waals surface area contributed by atoms with Crippen LogP contribution < -0.4 is 5.32 Å². The number of carboxylic acid groups (broad SMARTS) is 1. The van der Waals surface area contributed by atoms with Gasteiger partial charge in [0.2, 0.25) is 0 Å². The Morgan fingerprint density at radius 2 is 2.16 bits per heavy atom. The van der Waals surface area contributed by atoms with Crippen LogP contribution in [-0.2, 0) is 16.1 Å². The van der Waals surface area contributed by atoms with Crippen LogP contribution in [0, 0.1) is 0 Å². The Balaban J connectivity index is 1.90. The molecule has 1 aromatic carbocycles. The zero-order valence-electron chi connectivity index (χ0n) is 11.4. The standard InChI is InChI=1S/C15H21NO3/c1-10(15(17)18)13-5-3-12(4-6-13)9-16-14-7-8-19-11(14)2/h3-6,10-11,14,16H,7-9H2,1-2H3,(H,17,18). The van der Waals surface area contributed by atoms with Crippen LogP contribution in [0.2, 0.25) is 0 Å². The quantitative estimate of drug-likeness (QED) is 0.854. The third-order valence-corrected chi connectivity index (χ3v) is 3.79. The van der Waals surface area contributed by atoms with E-state index < -0.39 is 11.9 Å². The molecule has 3 unspecified atom stereocenters. The van der Waals surface area contributed by atoms with Gasteiger partial charge in [-0.15, -0.1) is 0 Å². The van der Waals surface area contributed by atoms with Crippen LogP contribution in [0.1, 0.15) is 37.3 Å². The highest BCUT2D eigenvalue weighted by Gasteiger charge is 2.23. The van der Waals surface area contributed by atoms with E-state index in [1.54, 1.807) is 6.92 Å². The molecule has 1 saturated heterocycles. The Morgan fingerprint density at radius 1 is 1.47 bits per heavy atom. The summed E-state index contributed by atoms with van der Waals surface area (Å²) < 4.78 is 5.50. The van der Waals surface area contributed by atoms with Crippen LogP contribution in [0.25, 0.3) is 0 Å². The zero-order valence-corrected chi connectivity index (χ0v) is 11.4. The van der Waals surface area contributed by atoms with E-state index in [2.05, 4.69) is 12.2 Å². The van der Waals surface area contributed by atoms with Crippen LogP contribution in [0.15, 0.2) is 24.3 Å². The number of nitrogens with one attached hydrogen (secondary N) is 1. The van der Waals surface area contributed by atoms with Gasteiger partial charge >= 0.3 is 5.97 Å². The molecule has 2 N–H and O–H groups in total. The number of carboxylic acids is 1. The van der Waals surface area contributed by atoms with Crippen molar-refractivity contribution >= 4 is 5.97 Å². The van der Waals surface area contributed by atoms with Crippen LogP contribution in [0.4, 0.5) is 0 Å². The maximum absolute atomic E-state index is 10.9. The average molecular weight is 263 g/mol. The van der Waals surface area contributed by atoms with Gasteiger partial charge in [-0.25, -0.2) is 0 Å². The fourth-order valence-electron chi connectivity index (χ4n) is 2.32. The van der Waals surface area contributed by atoms with Crippen molar-refractivity contribution in [2.24, 2.45) is 0 Å². The molecule has 0 radical (unpaired) electrons. The Morgan fingerprint density at radius 3 is 2.68 bits per heavy atom. The van der Waals surface area contributed by atoms with Gasteiger partial charge in [-0.2, -0.15) is 0 Å². The van der Waals surface area contributed by atoms with Crippen molar-refractivity contribution in [3.63, 3.8) is 0 Å². The molecule has 4 heteroatoms. The third kappa shape index (κ3) is 3.55. The van der Waals surface area contributed by atoms with E-state index in [9.17, 15) is 4.79 Å². The van der Waals surface area contributed by atoms with E-state index in [1.807, 2.05) is 24.3 Å². The van der Waals surface area contributed by atoms with Gasteiger partial charge in [-0.3, -0.25) is 4.79 Å². The molecule has 1 aliphatic rings. The molecule has 0 spiro atoms. The number of carbonyl (C=O) groups is 1. The van der Waals surface area contributed by atoms with Crippen LogP contribution in [0.5, 0.6) is 0 Å². The van der Waals surface area contributed by atoms with Gasteiger partial charge in [0.15, 0.2) is 0 Å². The largest absolute Gasteiger partial charge is 0.481 e. The predicted octanol–water partition coefficient (Wildman–Crippen LogP) is 2.14. The molecule has 104 valence electrons. The summed E-state index contributed by atoms with van der Waals surface area (Å²) in [4.78, 5) is 10.9. The van der Waals surface area contributed by atoms with Gasteiger partial charge in [0.05, 0.1) is 12.0 Å². The van der Waals surface area contributed by atoms with Gasteiger partial charge < -0.3 is 15.2 Å². The summed E-state index contributed by atoms with van der Waals surface area (Å²) in [5.41, 5.74) is 2.01. The van der Waals surface area contributed by atoms with Crippen molar-refractivity contribution in [2.75, 3.05) is 6.61 Å². The van der Waals surface area contributed by atoms with Crippen molar-refractivity contribution in [1.82, 2.24) is 5.32 Å². The molecule has 1 aliphatic heterocycles. The first kappa shape index (κ1) is 14.0. The Hall–Kier alpha value is -1.39. The molecule has 0 bridgehead atoms. The highest BCUT2D eigenvalue weighted by atomic mass is 16.5. The average Bonchev–Trinajstić information content (AvgIpc) is 2.81. The summed E-state index contributed by atoms with van der Waals surface area (Å²) in [5.74, 6) is -1.24. The van der Waals surface area contributed by atoms with E-state index in [4.69, 9.17) is 9.84 Å². The maximum Gasteiger partial charge on any atom is 0.310 e. The van der Waals surface area contributed by atoms with E-state index in [-0.39, 0.29) is 6.10 Å². The first-order chi connectivity index (χ1) is 9.08. The lowest BCUT2D eigenvalue weighted by molar-refractivity contribution is -0.138. The normalized spacial score (nSPS) is 24.3. The highest BCUT2D eigenvalue weighted by Crippen LogP contribution is 2.17. The molecule has 2 rings (SSSR count). The van der Waals surface area contributed by atoms with E-state index in [1.165, 1.54) is 5.56 Å². The topological polar surface area (TPSA) is 58.6 Å². The Kier molecular flexibility index (Phi) is 4.56. The predicted molar refractivity (Wildman–Crippen MR) is 73.2 cm³/mol. The van der Waals surface area contributed by atoms with E-state index in [0.717, 1.165) is 25.1 Å². The number of aliphatic carboxylic acids is 1. The summed E-state index contributed by atoms with van der Waals surface area (Å²) in [6, 6.07) is 8.18. The fourth-order valence-corrected chi connectivity index (χ4v) is 2.32. The minimum Gasteiger partial charge on any atom is -0.481 e. The molecule has 0 amide bonds. The molecule has 0 aromatic heterocycles. The monoisotopic (exact) mass is 263 g/mol. The van der Waals surface area contributed by atoms with E-state index >= 15 is 0 Å². The van der Waals surface area contributed by atoms with E-state index in [0.29, 0.717) is 6.04 Å². The number of benzene rings is 1. The van der Waals surface area contributed by atoms with Gasteiger partial charge in [0.25, 0.3) is 0 Å². The summed E-state index contributed by atoms with van der Waals surface area (Å²) in [6.07, 6.45) is 1.32. The zero-order chi connectivity index (χ0) is 13.8. The third-order valence-electron chi connectivity index (χ3n) is 3.79. The molecule has 0 saturated carbocycles. The summed E-state index contributed by atoms with van der Waals surface area (Å²) in [5, 5.41) is 12.4. The Bertz CT molecular complexity index is 430. The molecule has 0 aliphatic carbocycles. The number of rotatable bonds is 5. The molecule has 3 atom stereocenters. The van der Waals surface area contributed by atoms with Gasteiger partial charge in [0, 0.05) is 19.2 Å². The molecule has 19 heavy (non-hydrogen) atoms. The van der Waals surface area contributed by atoms with Crippen molar-refractivity contribution in [3.05, 3.63) is 35.4 Å². The first-order valence-corrected chi connectivity index (χ1v) is 6.74. The lowest BCUT2D eigenvalue weighted by Crippen LogP contribution is -2.34. The fraction of sp³-hybridized carbons (Fsp3) is 0.533. The lowest BCUT2D eigenvalue weighted by Gasteiger charge is -2.16. The number of hydrogen-bond donors (Lipinski definition) is 2. The van der Waals surface area contributed by atoms with Crippen LogP contribution >= 0.6 is 0 Å². The summed E-state index contributed by atoms with van der Waals surface area (Å²) >= 11 is 0. The summed E-state index contributed by atoms with van der Waals surface area (Å²) in [7, 11) is 0. The second-order valence-electron chi connectivity index (χ2n) is 5.15. The van der Waals surface area contributed by atoms with Crippen molar-refractivity contribution in [3.8, 4) is 0 Å². The number of ether oxygens (including phenoxy) is 1. The van der Waals surface area contributed by atoms with Crippen LogP contribution in [-0.4, -0.2) is 29.8 Å². The molecule has 1 fully saturated rings. The minimum absolute atomic E-state index is 0.270. The van der Waals surface area contributed by atoms with Gasteiger partial charge in [-0.05, 0) is 31.4 Å². The molecule has 1 heterocycles. The highest BCUT2D eigenvalue weighted by molar-refractivity contribution is 5.75. The van der Waals surface area contributed by atoms with Crippen LogP contribution in [0.3, 0.4) is 0 Å². The van der Waals surface area contributed by atoms with Crippen molar-refractivity contribution in [1.29, 1.82) is 0 Å². The molecular formula is C15H21NO3. The second-order valence-corrected chi connectivity index (χ2v) is 5.15. The van der Waals surface area contributed by atoms with Gasteiger partial charge in [-0.1, -0.05) is 24.3 Å². The first-order valence-electron chi connectivity index (χ1n) is 6.74. The SMILES string of the molecule is CC(C(=O)O)c1ccc(CNC2CCOC2C)cc1. The van der Waals surface area contributed by atoms with Gasteiger partial charge in [0.1, 0.15) is 0 Å².